The molecule has 1 aromatic heterocycles. The Kier molecular flexibility index (Phi) is 2.59. The first-order valence-corrected chi connectivity index (χ1v) is 6.73. The highest BCUT2D eigenvalue weighted by Gasteiger charge is 2.39. The van der Waals surface area contributed by atoms with Gasteiger partial charge in [0.2, 0.25) is 0 Å². The summed E-state index contributed by atoms with van der Waals surface area (Å²) in [5.41, 5.74) is 0.440. The number of nitrogens with zero attached hydrogens (tertiary/aromatic N) is 1. The maximum absolute atomic E-state index is 10.7. The number of rotatable bonds is 1. The molecule has 0 saturated heterocycles. The zero-order valence-corrected chi connectivity index (χ0v) is 11.2. The highest BCUT2D eigenvalue weighted by atomic mass is 16.7. The minimum absolute atomic E-state index is 0.00928. The van der Waals surface area contributed by atoms with Gasteiger partial charge in [-0.1, -0.05) is 36.4 Å². The van der Waals surface area contributed by atoms with Crippen LogP contribution in [-0.4, -0.2) is 16.7 Å². The Bertz CT molecular complexity index is 818. The molecule has 4 nitrogen and oxygen atoms in total. The lowest BCUT2D eigenvalue weighted by Gasteiger charge is -2.33. The van der Waals surface area contributed by atoms with E-state index in [2.05, 4.69) is 4.98 Å². The van der Waals surface area contributed by atoms with Crippen LogP contribution in [0.4, 0.5) is 0 Å². The highest BCUT2D eigenvalue weighted by molar-refractivity contribution is 5.81. The van der Waals surface area contributed by atoms with Gasteiger partial charge in [0, 0.05) is 11.6 Å². The Morgan fingerprint density at radius 2 is 1.67 bits per heavy atom. The van der Waals surface area contributed by atoms with Crippen molar-refractivity contribution in [1.82, 2.24) is 4.98 Å². The van der Waals surface area contributed by atoms with Crippen LogP contribution in [0.1, 0.15) is 5.69 Å². The molecule has 1 aliphatic rings. The maximum Gasteiger partial charge on any atom is 0.286 e. The Morgan fingerprint density at radius 3 is 2.52 bits per heavy atom. The van der Waals surface area contributed by atoms with Crippen LogP contribution in [0, 0.1) is 0 Å². The Labute approximate surface area is 121 Å². The van der Waals surface area contributed by atoms with Crippen LogP contribution in [0.5, 0.6) is 11.5 Å². The Hall–Kier alpha value is -2.59. The van der Waals surface area contributed by atoms with Crippen LogP contribution in [0.2, 0.25) is 0 Å². The van der Waals surface area contributed by atoms with Gasteiger partial charge in [-0.2, -0.15) is 0 Å². The first-order valence-electron chi connectivity index (χ1n) is 6.73. The summed E-state index contributed by atoms with van der Waals surface area (Å²) in [7, 11) is 0. The molecule has 1 unspecified atom stereocenters. The summed E-state index contributed by atoms with van der Waals surface area (Å²) >= 11 is 0. The molecular formula is C17H13NO3. The second-order valence-corrected chi connectivity index (χ2v) is 5.04. The van der Waals surface area contributed by atoms with Gasteiger partial charge < -0.3 is 14.6 Å². The molecule has 1 N–H and O–H groups in total. The van der Waals surface area contributed by atoms with Crippen molar-refractivity contribution in [3.63, 3.8) is 0 Å². The van der Waals surface area contributed by atoms with Crippen molar-refractivity contribution in [2.24, 2.45) is 0 Å². The Balaban J connectivity index is 1.77. The lowest BCUT2D eigenvalue weighted by Crippen LogP contribution is -2.42. The first-order chi connectivity index (χ1) is 10.2. The van der Waals surface area contributed by atoms with Gasteiger partial charge in [-0.05, 0) is 23.6 Å². The quantitative estimate of drug-likeness (QED) is 0.744. The van der Waals surface area contributed by atoms with E-state index in [1.54, 1.807) is 12.3 Å². The standard InChI is InChI=1S/C17H13NO3/c19-17(11-20-14-7-3-4-8-15(14)21-17)16-9-12-5-1-2-6-13(12)10-18-16/h1-10,19H,11H2. The maximum atomic E-state index is 10.7. The third-order valence-corrected chi connectivity index (χ3v) is 3.58. The van der Waals surface area contributed by atoms with Crippen molar-refractivity contribution in [2.75, 3.05) is 6.61 Å². The number of para-hydroxylation sites is 2. The van der Waals surface area contributed by atoms with E-state index in [0.717, 1.165) is 10.8 Å². The summed E-state index contributed by atoms with van der Waals surface area (Å²) in [4.78, 5) is 4.32. The van der Waals surface area contributed by atoms with E-state index in [1.807, 2.05) is 48.5 Å². The molecule has 1 atom stereocenters. The molecule has 0 aliphatic carbocycles. The Morgan fingerprint density at radius 1 is 0.952 bits per heavy atom. The molecule has 2 heterocycles. The molecule has 2 aromatic carbocycles. The van der Waals surface area contributed by atoms with Crippen LogP contribution in [0.3, 0.4) is 0 Å². The third-order valence-electron chi connectivity index (χ3n) is 3.58. The molecule has 0 saturated carbocycles. The first kappa shape index (κ1) is 12.2. The zero-order valence-electron chi connectivity index (χ0n) is 11.2. The molecule has 0 radical (unpaired) electrons. The average Bonchev–Trinajstić information content (AvgIpc) is 2.54. The molecule has 104 valence electrons. The van der Waals surface area contributed by atoms with Crippen molar-refractivity contribution in [2.45, 2.75) is 5.79 Å². The van der Waals surface area contributed by atoms with Crippen molar-refractivity contribution in [3.8, 4) is 11.5 Å². The van der Waals surface area contributed by atoms with Gasteiger partial charge in [0.05, 0.1) is 0 Å². The summed E-state index contributed by atoms with van der Waals surface area (Å²) in [6.07, 6.45) is 1.73. The molecule has 0 fully saturated rings. The number of aliphatic hydroxyl groups is 1. The molecule has 0 spiro atoms. The van der Waals surface area contributed by atoms with Gasteiger partial charge in [0.15, 0.2) is 18.1 Å². The second kappa shape index (κ2) is 4.46. The number of fused-ring (bicyclic) bond motifs is 2. The van der Waals surface area contributed by atoms with Gasteiger partial charge in [0.1, 0.15) is 5.69 Å². The molecule has 3 aromatic rings. The number of pyridine rings is 1. The second-order valence-electron chi connectivity index (χ2n) is 5.04. The number of hydrogen-bond donors (Lipinski definition) is 1. The van der Waals surface area contributed by atoms with Crippen LogP contribution in [0.25, 0.3) is 10.8 Å². The SMILES string of the molecule is OC1(c2cc3ccccc3cn2)COc2ccccc2O1. The van der Waals surface area contributed by atoms with Gasteiger partial charge in [-0.15, -0.1) is 0 Å². The third kappa shape index (κ3) is 2.00. The van der Waals surface area contributed by atoms with E-state index < -0.39 is 5.79 Å². The summed E-state index contributed by atoms with van der Waals surface area (Å²) in [5, 5.41) is 12.8. The van der Waals surface area contributed by atoms with Gasteiger partial charge >= 0.3 is 0 Å². The highest BCUT2D eigenvalue weighted by Crippen LogP contribution is 2.37. The van der Waals surface area contributed by atoms with Crippen molar-refractivity contribution in [3.05, 3.63) is 66.5 Å². The van der Waals surface area contributed by atoms with Crippen LogP contribution in [0.15, 0.2) is 60.8 Å². The lowest BCUT2D eigenvalue weighted by molar-refractivity contribution is -0.185. The van der Waals surface area contributed by atoms with Crippen molar-refractivity contribution >= 4 is 10.8 Å². The zero-order chi connectivity index (χ0) is 14.3. The lowest BCUT2D eigenvalue weighted by atomic mass is 10.1. The molecule has 0 bridgehead atoms. The topological polar surface area (TPSA) is 51.6 Å². The average molecular weight is 279 g/mol. The fourth-order valence-corrected chi connectivity index (χ4v) is 2.46. The molecule has 1 aliphatic heterocycles. The summed E-state index contributed by atoms with van der Waals surface area (Å²) < 4.78 is 11.3. The fraction of sp³-hybridized carbons (Fsp3) is 0.118. The minimum atomic E-state index is -1.57. The van der Waals surface area contributed by atoms with E-state index in [-0.39, 0.29) is 6.61 Å². The monoisotopic (exact) mass is 279 g/mol. The minimum Gasteiger partial charge on any atom is -0.482 e. The molecule has 4 rings (SSSR count). The smallest absolute Gasteiger partial charge is 0.286 e. The molecule has 0 amide bonds. The normalized spacial score (nSPS) is 20.4. The van der Waals surface area contributed by atoms with E-state index in [9.17, 15) is 5.11 Å². The number of benzene rings is 2. The van der Waals surface area contributed by atoms with E-state index >= 15 is 0 Å². The van der Waals surface area contributed by atoms with Gasteiger partial charge in [-0.3, -0.25) is 4.98 Å². The van der Waals surface area contributed by atoms with Crippen molar-refractivity contribution < 1.29 is 14.6 Å². The van der Waals surface area contributed by atoms with Gasteiger partial charge in [0.25, 0.3) is 5.79 Å². The molecule has 4 heteroatoms. The number of hydrogen-bond acceptors (Lipinski definition) is 4. The summed E-state index contributed by atoms with van der Waals surface area (Å²) in [6, 6.07) is 16.9. The van der Waals surface area contributed by atoms with E-state index in [4.69, 9.17) is 9.47 Å². The predicted octanol–water partition coefficient (Wildman–Crippen LogP) is 2.85. The fourth-order valence-electron chi connectivity index (χ4n) is 2.46. The molecular weight excluding hydrogens is 266 g/mol. The van der Waals surface area contributed by atoms with Crippen molar-refractivity contribution in [1.29, 1.82) is 0 Å². The van der Waals surface area contributed by atoms with E-state index in [0.29, 0.717) is 17.2 Å². The number of ether oxygens (including phenoxy) is 2. The van der Waals surface area contributed by atoms with Crippen LogP contribution >= 0.6 is 0 Å². The van der Waals surface area contributed by atoms with Crippen LogP contribution in [-0.2, 0) is 5.79 Å². The summed E-state index contributed by atoms with van der Waals surface area (Å²) in [6.45, 7) is 0.00928. The summed E-state index contributed by atoms with van der Waals surface area (Å²) in [5.74, 6) is -0.428. The molecule has 21 heavy (non-hydrogen) atoms. The van der Waals surface area contributed by atoms with Gasteiger partial charge in [-0.25, -0.2) is 0 Å². The predicted molar refractivity (Wildman–Crippen MR) is 78.2 cm³/mol. The number of aromatic nitrogens is 1. The van der Waals surface area contributed by atoms with E-state index in [1.165, 1.54) is 0 Å². The largest absolute Gasteiger partial charge is 0.482 e. The van der Waals surface area contributed by atoms with Crippen LogP contribution < -0.4 is 9.47 Å².